The first kappa shape index (κ1) is 19.3. The average molecular weight is 394 g/mol. The first-order chi connectivity index (χ1) is 13.6. The number of rotatable bonds is 7. The number of benzene rings is 1. The predicted octanol–water partition coefficient (Wildman–Crippen LogP) is 2.49. The van der Waals surface area contributed by atoms with Gasteiger partial charge in [0.1, 0.15) is 6.54 Å². The highest BCUT2D eigenvalue weighted by atomic mass is 32.1. The second-order valence-corrected chi connectivity index (χ2v) is 6.78. The van der Waals surface area contributed by atoms with Crippen LogP contribution in [0.1, 0.15) is 17.9 Å². The average Bonchev–Trinajstić information content (AvgIpc) is 3.41. The van der Waals surface area contributed by atoms with Gasteiger partial charge >= 0.3 is 0 Å². The number of hydrogen-bond acceptors (Lipinski definition) is 6. The second kappa shape index (κ2) is 8.97. The van der Waals surface area contributed by atoms with Crippen LogP contribution in [0, 0.1) is 12.3 Å². The van der Waals surface area contributed by atoms with Crippen LogP contribution in [0.25, 0.3) is 10.7 Å². The number of aryl methyl sites for hydroxylation is 1. The zero-order chi connectivity index (χ0) is 19.9. The third-order valence-corrected chi connectivity index (χ3v) is 4.83. The maximum atomic E-state index is 12.8. The van der Waals surface area contributed by atoms with E-state index in [1.807, 2.05) is 17.5 Å². The third kappa shape index (κ3) is 4.64. The molecule has 1 N–H and O–H groups in total. The normalized spacial score (nSPS) is 10.3. The molecule has 0 unspecified atom stereocenters. The van der Waals surface area contributed by atoms with Crippen molar-refractivity contribution in [3.63, 3.8) is 0 Å². The molecule has 0 aliphatic rings. The van der Waals surface area contributed by atoms with Crippen LogP contribution >= 0.6 is 11.3 Å². The summed E-state index contributed by atoms with van der Waals surface area (Å²) in [6.07, 6.45) is 5.83. The highest BCUT2D eigenvalue weighted by Crippen LogP contribution is 2.22. The third-order valence-electron chi connectivity index (χ3n) is 3.97. The Morgan fingerprint density at radius 2 is 2.18 bits per heavy atom. The minimum absolute atomic E-state index is 0.104. The van der Waals surface area contributed by atoms with E-state index in [0.29, 0.717) is 23.0 Å². The molecule has 7 nitrogen and oxygen atoms in total. The van der Waals surface area contributed by atoms with E-state index in [2.05, 4.69) is 21.4 Å². The first-order valence-electron chi connectivity index (χ1n) is 8.55. The Morgan fingerprint density at radius 3 is 2.89 bits per heavy atom. The van der Waals surface area contributed by atoms with E-state index >= 15 is 0 Å². The molecule has 8 heteroatoms. The maximum absolute atomic E-state index is 12.8. The molecule has 0 atom stereocenters. The molecule has 3 rings (SSSR count). The SMILES string of the molecule is C#Cc1cccc(N(CC(=O)NC)C(=O)CCc2nc(-c3cccs3)no2)c1. The van der Waals surface area contributed by atoms with Gasteiger partial charge in [0.05, 0.1) is 4.88 Å². The van der Waals surface area contributed by atoms with Crippen LogP contribution in [-0.2, 0) is 16.0 Å². The summed E-state index contributed by atoms with van der Waals surface area (Å²) < 4.78 is 5.23. The van der Waals surface area contributed by atoms with Gasteiger partial charge in [-0.2, -0.15) is 4.98 Å². The number of amides is 2. The van der Waals surface area contributed by atoms with Crippen LogP contribution < -0.4 is 10.2 Å². The molecule has 2 aromatic heterocycles. The molecule has 0 saturated carbocycles. The second-order valence-electron chi connectivity index (χ2n) is 5.84. The number of anilines is 1. The van der Waals surface area contributed by atoms with Crippen LogP contribution in [-0.4, -0.2) is 35.5 Å². The van der Waals surface area contributed by atoms with Crippen molar-refractivity contribution < 1.29 is 14.1 Å². The Morgan fingerprint density at radius 1 is 1.32 bits per heavy atom. The van der Waals surface area contributed by atoms with Crippen LogP contribution in [0.15, 0.2) is 46.3 Å². The molecule has 0 saturated heterocycles. The van der Waals surface area contributed by atoms with Gasteiger partial charge in [0.15, 0.2) is 0 Å². The number of terminal acetylenes is 1. The van der Waals surface area contributed by atoms with Gasteiger partial charge in [0.25, 0.3) is 0 Å². The molecule has 0 fully saturated rings. The number of likely N-dealkylation sites (N-methyl/N-ethyl adjacent to an activating group) is 1. The Hall–Kier alpha value is -3.44. The first-order valence-corrected chi connectivity index (χ1v) is 9.42. The number of carbonyl (C=O) groups is 2. The van der Waals surface area contributed by atoms with E-state index in [9.17, 15) is 9.59 Å². The monoisotopic (exact) mass is 394 g/mol. The summed E-state index contributed by atoms with van der Waals surface area (Å²) in [4.78, 5) is 31.3. The lowest BCUT2D eigenvalue weighted by Crippen LogP contribution is -2.40. The lowest BCUT2D eigenvalue weighted by atomic mass is 10.1. The highest BCUT2D eigenvalue weighted by molar-refractivity contribution is 7.13. The smallest absolute Gasteiger partial charge is 0.239 e. The van der Waals surface area contributed by atoms with Crippen molar-refractivity contribution in [1.29, 1.82) is 0 Å². The Kier molecular flexibility index (Phi) is 6.19. The molecule has 2 heterocycles. The van der Waals surface area contributed by atoms with E-state index in [0.717, 1.165) is 4.88 Å². The van der Waals surface area contributed by atoms with Gasteiger partial charge in [-0.1, -0.05) is 23.2 Å². The van der Waals surface area contributed by atoms with E-state index in [-0.39, 0.29) is 31.2 Å². The van der Waals surface area contributed by atoms with E-state index in [1.54, 1.807) is 24.3 Å². The number of aromatic nitrogens is 2. The fourth-order valence-corrected chi connectivity index (χ4v) is 3.17. The Bertz CT molecular complexity index is 1000. The molecule has 3 aromatic rings. The quantitative estimate of drug-likeness (QED) is 0.622. The number of carbonyl (C=O) groups excluding carboxylic acids is 2. The zero-order valence-corrected chi connectivity index (χ0v) is 16.0. The largest absolute Gasteiger partial charge is 0.358 e. The minimum atomic E-state index is -0.280. The van der Waals surface area contributed by atoms with Gasteiger partial charge in [-0.3, -0.25) is 9.59 Å². The molecule has 0 aliphatic heterocycles. The molecule has 0 spiro atoms. The Balaban J connectivity index is 1.72. The highest BCUT2D eigenvalue weighted by Gasteiger charge is 2.20. The van der Waals surface area contributed by atoms with Crippen LogP contribution in [0.2, 0.25) is 0 Å². The topological polar surface area (TPSA) is 88.3 Å². The molecule has 0 aliphatic carbocycles. The zero-order valence-electron chi connectivity index (χ0n) is 15.2. The van der Waals surface area contributed by atoms with Crippen LogP contribution in [0.3, 0.4) is 0 Å². The van der Waals surface area contributed by atoms with Crippen molar-refractivity contribution in [2.24, 2.45) is 0 Å². The number of thiophene rings is 1. The molecular weight excluding hydrogens is 376 g/mol. The fourth-order valence-electron chi connectivity index (χ4n) is 2.52. The molecular formula is C20H18N4O3S. The fraction of sp³-hybridized carbons (Fsp3) is 0.200. The summed E-state index contributed by atoms with van der Waals surface area (Å²) in [7, 11) is 1.52. The van der Waals surface area contributed by atoms with Gasteiger partial charge in [0.2, 0.25) is 23.5 Å². The van der Waals surface area contributed by atoms with Gasteiger partial charge in [0, 0.05) is 31.1 Å². The van der Waals surface area contributed by atoms with Crippen LogP contribution in [0.5, 0.6) is 0 Å². The van der Waals surface area contributed by atoms with Crippen molar-refractivity contribution in [2.75, 3.05) is 18.5 Å². The summed E-state index contributed by atoms with van der Waals surface area (Å²) in [5.41, 5.74) is 1.19. The predicted molar refractivity (Wildman–Crippen MR) is 107 cm³/mol. The number of nitrogens with zero attached hydrogens (tertiary/aromatic N) is 3. The molecule has 28 heavy (non-hydrogen) atoms. The van der Waals surface area contributed by atoms with Gasteiger partial charge in [-0.15, -0.1) is 17.8 Å². The van der Waals surface area contributed by atoms with Crippen molar-refractivity contribution in [3.8, 4) is 23.0 Å². The minimum Gasteiger partial charge on any atom is -0.358 e. The molecule has 0 bridgehead atoms. The van der Waals surface area contributed by atoms with E-state index in [1.165, 1.54) is 23.3 Å². The number of nitrogens with one attached hydrogen (secondary N) is 1. The Labute approximate surface area is 166 Å². The summed E-state index contributed by atoms with van der Waals surface area (Å²) in [5.74, 6) is 2.88. The van der Waals surface area contributed by atoms with Crippen molar-refractivity contribution >= 4 is 28.8 Å². The van der Waals surface area contributed by atoms with Gasteiger partial charge in [-0.05, 0) is 29.6 Å². The molecule has 1 aromatic carbocycles. The van der Waals surface area contributed by atoms with Gasteiger partial charge in [-0.25, -0.2) is 0 Å². The van der Waals surface area contributed by atoms with Crippen molar-refractivity contribution in [3.05, 3.63) is 53.2 Å². The van der Waals surface area contributed by atoms with E-state index in [4.69, 9.17) is 10.9 Å². The van der Waals surface area contributed by atoms with Crippen molar-refractivity contribution in [1.82, 2.24) is 15.5 Å². The standard InChI is InChI=1S/C20H18N4O3S/c1-3-14-6-4-7-15(12-14)24(13-17(25)21-2)19(26)10-9-18-22-20(23-27-18)16-8-5-11-28-16/h1,4-8,11-12H,9-10,13H2,2H3,(H,21,25). The summed E-state index contributed by atoms with van der Waals surface area (Å²) in [6, 6.07) is 10.7. The summed E-state index contributed by atoms with van der Waals surface area (Å²) >= 11 is 1.51. The molecule has 0 radical (unpaired) electrons. The summed E-state index contributed by atoms with van der Waals surface area (Å²) in [6.45, 7) is -0.104. The lowest BCUT2D eigenvalue weighted by Gasteiger charge is -2.22. The maximum Gasteiger partial charge on any atom is 0.239 e. The van der Waals surface area contributed by atoms with E-state index < -0.39 is 0 Å². The molecule has 2 amide bonds. The summed E-state index contributed by atoms with van der Waals surface area (Å²) in [5, 5.41) is 8.39. The number of hydrogen-bond donors (Lipinski definition) is 1. The lowest BCUT2D eigenvalue weighted by molar-refractivity contribution is -0.123. The molecule has 142 valence electrons. The van der Waals surface area contributed by atoms with Crippen molar-refractivity contribution in [2.45, 2.75) is 12.8 Å². The van der Waals surface area contributed by atoms with Crippen LogP contribution in [0.4, 0.5) is 5.69 Å². The van der Waals surface area contributed by atoms with Gasteiger partial charge < -0.3 is 14.7 Å².